The molecule has 0 fully saturated rings. The predicted molar refractivity (Wildman–Crippen MR) is 50.9 cm³/mol. The lowest BCUT2D eigenvalue weighted by Gasteiger charge is -2.30. The predicted octanol–water partition coefficient (Wildman–Crippen LogP) is 3.57. The van der Waals surface area contributed by atoms with Crippen LogP contribution in [0.5, 0.6) is 0 Å². The van der Waals surface area contributed by atoms with Crippen molar-refractivity contribution in [2.24, 2.45) is 5.41 Å². The van der Waals surface area contributed by atoms with Gasteiger partial charge in [-0.15, -0.1) is 11.8 Å². The summed E-state index contributed by atoms with van der Waals surface area (Å²) in [5, 5.41) is 0. The fourth-order valence-electron chi connectivity index (χ4n) is 1.19. The summed E-state index contributed by atoms with van der Waals surface area (Å²) in [6.45, 7) is 5.42. The molecule has 0 unspecified atom stereocenters. The van der Waals surface area contributed by atoms with Gasteiger partial charge in [0.15, 0.2) is 0 Å². The normalized spacial score (nSPS) is 19.6. The zero-order valence-corrected chi connectivity index (χ0v) is 9.18. The molecular formula is C9H13F3OS. The van der Waals surface area contributed by atoms with Crippen molar-refractivity contribution >= 4 is 11.8 Å². The molecule has 0 N–H and O–H groups in total. The van der Waals surface area contributed by atoms with E-state index in [2.05, 4.69) is 0 Å². The van der Waals surface area contributed by atoms with Crippen LogP contribution in [0.25, 0.3) is 0 Å². The average molecular weight is 226 g/mol. The molecule has 1 heterocycles. The highest BCUT2D eigenvalue weighted by Gasteiger charge is 2.42. The first-order valence-corrected chi connectivity index (χ1v) is 5.29. The van der Waals surface area contributed by atoms with Crippen LogP contribution in [-0.2, 0) is 4.74 Å². The van der Waals surface area contributed by atoms with Gasteiger partial charge in [-0.2, -0.15) is 13.2 Å². The van der Waals surface area contributed by atoms with E-state index in [0.717, 1.165) is 0 Å². The third-order valence-electron chi connectivity index (χ3n) is 1.72. The first-order valence-electron chi connectivity index (χ1n) is 4.30. The van der Waals surface area contributed by atoms with Crippen molar-refractivity contribution in [1.82, 2.24) is 0 Å². The van der Waals surface area contributed by atoms with E-state index in [0.29, 0.717) is 10.7 Å². The number of hydrogen-bond donors (Lipinski definition) is 0. The number of hydrogen-bond acceptors (Lipinski definition) is 2. The Bertz CT molecular complexity index is 224. The third-order valence-corrected chi connectivity index (χ3v) is 3.18. The summed E-state index contributed by atoms with van der Waals surface area (Å²) in [7, 11) is 0. The van der Waals surface area contributed by atoms with Crippen molar-refractivity contribution in [3.8, 4) is 0 Å². The Morgan fingerprint density at radius 1 is 1.21 bits per heavy atom. The second kappa shape index (κ2) is 3.68. The van der Waals surface area contributed by atoms with Gasteiger partial charge in [0.1, 0.15) is 0 Å². The molecule has 0 saturated carbocycles. The zero-order valence-electron chi connectivity index (χ0n) is 8.36. The topological polar surface area (TPSA) is 9.23 Å². The zero-order chi connectivity index (χ0) is 11.0. The van der Waals surface area contributed by atoms with Crippen molar-refractivity contribution in [3.63, 3.8) is 0 Å². The number of halogens is 3. The van der Waals surface area contributed by atoms with Crippen LogP contribution in [0.2, 0.25) is 0 Å². The number of thioether (sulfide) groups is 1. The maximum absolute atomic E-state index is 12.5. The van der Waals surface area contributed by atoms with Crippen LogP contribution in [0.1, 0.15) is 20.8 Å². The molecule has 0 aromatic carbocycles. The first-order chi connectivity index (χ1) is 6.23. The van der Waals surface area contributed by atoms with Crippen LogP contribution in [0.4, 0.5) is 13.2 Å². The summed E-state index contributed by atoms with van der Waals surface area (Å²) >= 11 is 1.24. The van der Waals surface area contributed by atoms with Crippen molar-refractivity contribution in [2.75, 3.05) is 12.4 Å². The molecule has 0 aromatic rings. The van der Waals surface area contributed by atoms with Gasteiger partial charge < -0.3 is 4.74 Å². The van der Waals surface area contributed by atoms with Crippen LogP contribution in [-0.4, -0.2) is 18.5 Å². The molecule has 0 atom stereocenters. The Labute approximate surface area is 85.7 Å². The van der Waals surface area contributed by atoms with Crippen molar-refractivity contribution in [2.45, 2.75) is 26.9 Å². The molecule has 0 spiro atoms. The molecular weight excluding hydrogens is 213 g/mol. The highest BCUT2D eigenvalue weighted by atomic mass is 32.2. The van der Waals surface area contributed by atoms with Crippen LogP contribution in [0.3, 0.4) is 0 Å². The Balaban J connectivity index is 3.10. The maximum atomic E-state index is 12.5. The summed E-state index contributed by atoms with van der Waals surface area (Å²) in [6.07, 6.45) is -4.37. The third kappa shape index (κ3) is 2.59. The van der Waals surface area contributed by atoms with E-state index in [1.807, 2.05) is 0 Å². The molecule has 1 rings (SSSR count). The Morgan fingerprint density at radius 3 is 2.14 bits per heavy atom. The quantitative estimate of drug-likeness (QED) is 0.624. The molecule has 14 heavy (non-hydrogen) atoms. The van der Waals surface area contributed by atoms with Crippen molar-refractivity contribution in [1.29, 1.82) is 0 Å². The smallest absolute Gasteiger partial charge is 0.449 e. The van der Waals surface area contributed by atoms with Gasteiger partial charge in [0.05, 0.1) is 6.61 Å². The van der Waals surface area contributed by atoms with Crippen LogP contribution >= 0.6 is 11.8 Å². The second-order valence-electron chi connectivity index (χ2n) is 4.10. The average Bonchev–Trinajstić information content (AvgIpc) is 2.01. The molecule has 0 radical (unpaired) electrons. The summed E-state index contributed by atoms with van der Waals surface area (Å²) in [5.74, 6) is -0.215. The Hall–Kier alpha value is -0.320. The van der Waals surface area contributed by atoms with E-state index in [1.54, 1.807) is 20.8 Å². The van der Waals surface area contributed by atoms with E-state index in [4.69, 9.17) is 4.74 Å². The van der Waals surface area contributed by atoms with Gasteiger partial charge in [-0.1, -0.05) is 20.8 Å². The van der Waals surface area contributed by atoms with E-state index in [9.17, 15) is 13.2 Å². The van der Waals surface area contributed by atoms with E-state index in [1.165, 1.54) is 11.8 Å². The van der Waals surface area contributed by atoms with E-state index < -0.39 is 17.4 Å². The largest absolute Gasteiger partial charge is 0.487 e. The lowest BCUT2D eigenvalue weighted by Crippen LogP contribution is -2.25. The second-order valence-corrected chi connectivity index (χ2v) is 5.21. The molecule has 5 heteroatoms. The molecule has 82 valence electrons. The first kappa shape index (κ1) is 11.8. The van der Waals surface area contributed by atoms with Crippen LogP contribution in [0.15, 0.2) is 10.7 Å². The minimum atomic E-state index is -4.37. The summed E-state index contributed by atoms with van der Waals surface area (Å²) in [6, 6.07) is 0. The van der Waals surface area contributed by atoms with Crippen LogP contribution in [0, 0.1) is 5.41 Å². The monoisotopic (exact) mass is 226 g/mol. The van der Waals surface area contributed by atoms with Gasteiger partial charge >= 0.3 is 6.18 Å². The highest BCUT2D eigenvalue weighted by molar-refractivity contribution is 8.03. The summed E-state index contributed by atoms with van der Waals surface area (Å²) < 4.78 is 42.3. The highest BCUT2D eigenvalue weighted by Crippen LogP contribution is 2.44. The van der Waals surface area contributed by atoms with E-state index in [-0.39, 0.29) is 6.61 Å². The van der Waals surface area contributed by atoms with Gasteiger partial charge in [-0.05, 0) is 5.41 Å². The van der Waals surface area contributed by atoms with Gasteiger partial charge in [0, 0.05) is 10.7 Å². The number of ether oxygens (including phenoxy) is 1. The minimum Gasteiger partial charge on any atom is -0.487 e. The molecule has 1 nitrogen and oxygen atoms in total. The molecule has 1 aliphatic heterocycles. The van der Waals surface area contributed by atoms with Gasteiger partial charge in [0.2, 0.25) is 5.76 Å². The molecule has 0 bridgehead atoms. The lowest BCUT2D eigenvalue weighted by atomic mass is 9.95. The summed E-state index contributed by atoms with van der Waals surface area (Å²) in [4.78, 5) is 0.302. The van der Waals surface area contributed by atoms with Gasteiger partial charge in [-0.3, -0.25) is 0 Å². The number of allylic oxidation sites excluding steroid dienone is 2. The summed E-state index contributed by atoms with van der Waals surface area (Å²) in [5.41, 5.74) is -0.504. The molecule has 0 saturated heterocycles. The fraction of sp³-hybridized carbons (Fsp3) is 0.778. The standard InChI is InChI=1S/C9H13F3OS/c1-8(2,3)7-6(9(10,11)12)13-4-5-14-7/h4-5H2,1-3H3. The number of rotatable bonds is 0. The molecule has 0 amide bonds. The Morgan fingerprint density at radius 2 is 1.79 bits per heavy atom. The van der Waals surface area contributed by atoms with Crippen molar-refractivity contribution < 1.29 is 17.9 Å². The van der Waals surface area contributed by atoms with Gasteiger partial charge in [0.25, 0.3) is 0 Å². The van der Waals surface area contributed by atoms with Gasteiger partial charge in [-0.25, -0.2) is 0 Å². The number of alkyl halides is 3. The van der Waals surface area contributed by atoms with E-state index >= 15 is 0 Å². The fourth-order valence-corrected chi connectivity index (χ4v) is 2.30. The maximum Gasteiger partial charge on any atom is 0.449 e. The Kier molecular flexibility index (Phi) is 3.09. The van der Waals surface area contributed by atoms with Crippen molar-refractivity contribution in [3.05, 3.63) is 10.7 Å². The molecule has 0 aromatic heterocycles. The minimum absolute atomic E-state index is 0.138. The SMILES string of the molecule is CC(C)(C)C1=C(C(F)(F)F)OCCS1. The lowest BCUT2D eigenvalue weighted by molar-refractivity contribution is -0.132. The van der Waals surface area contributed by atoms with Crippen LogP contribution < -0.4 is 0 Å². The molecule has 1 aliphatic rings. The molecule has 0 aliphatic carbocycles.